The van der Waals surface area contributed by atoms with Crippen molar-refractivity contribution in [1.29, 1.82) is 0 Å². The van der Waals surface area contributed by atoms with Gasteiger partial charge < -0.3 is 20.4 Å². The lowest BCUT2D eigenvalue weighted by atomic mass is 9.92. The zero-order chi connectivity index (χ0) is 15.6. The smallest absolute Gasteiger partial charge is 0.227 e. The van der Waals surface area contributed by atoms with Gasteiger partial charge in [0.2, 0.25) is 11.9 Å². The fraction of sp³-hybridized carbons (Fsp3) is 0.467. The second-order valence-electron chi connectivity index (χ2n) is 5.58. The molecule has 2 rings (SSSR count). The zero-order valence-corrected chi connectivity index (χ0v) is 12.9. The Hall–Kier alpha value is -2.24. The second-order valence-corrected chi connectivity index (χ2v) is 5.58. The Morgan fingerprint density at radius 3 is 2.81 bits per heavy atom. The molecule has 0 unspecified atom stereocenters. The summed E-state index contributed by atoms with van der Waals surface area (Å²) in [5, 5.41) is 2.68. The summed E-state index contributed by atoms with van der Waals surface area (Å²) in [5.74, 6) is 1.05. The molecule has 0 radical (unpaired) electrons. The number of anilines is 1. The number of hydrogen-bond donors (Lipinski definition) is 2. The first-order chi connectivity index (χ1) is 9.90. The van der Waals surface area contributed by atoms with Crippen molar-refractivity contribution in [3.8, 4) is 5.75 Å². The second kappa shape index (κ2) is 5.63. The van der Waals surface area contributed by atoms with Crippen molar-refractivity contribution < 1.29 is 9.53 Å². The average molecular weight is 290 g/mol. The molecule has 0 atom stereocenters. The van der Waals surface area contributed by atoms with E-state index in [-0.39, 0.29) is 5.91 Å². The van der Waals surface area contributed by atoms with Gasteiger partial charge in [-0.15, -0.1) is 0 Å². The molecule has 1 amide bonds. The zero-order valence-electron chi connectivity index (χ0n) is 12.9. The Morgan fingerprint density at radius 1 is 1.48 bits per heavy atom. The predicted octanol–water partition coefficient (Wildman–Crippen LogP) is 1.79. The summed E-state index contributed by atoms with van der Waals surface area (Å²) in [4.78, 5) is 16.4. The molecule has 0 aliphatic rings. The van der Waals surface area contributed by atoms with Crippen LogP contribution in [0.15, 0.2) is 18.2 Å². The fourth-order valence-electron chi connectivity index (χ4n) is 2.38. The molecule has 0 aliphatic carbocycles. The Labute approximate surface area is 124 Å². The summed E-state index contributed by atoms with van der Waals surface area (Å²) in [5.41, 5.74) is 7.04. The lowest BCUT2D eigenvalue weighted by molar-refractivity contribution is -0.129. The molecule has 1 heterocycles. The van der Waals surface area contributed by atoms with Gasteiger partial charge in [0.1, 0.15) is 11.3 Å². The van der Waals surface area contributed by atoms with Crippen LogP contribution in [0.3, 0.4) is 0 Å². The topological polar surface area (TPSA) is 82.2 Å². The maximum absolute atomic E-state index is 12.0. The number of para-hydroxylation sites is 1. The number of nitrogens with one attached hydrogen (secondary N) is 1. The van der Waals surface area contributed by atoms with Gasteiger partial charge in [0.15, 0.2) is 0 Å². The van der Waals surface area contributed by atoms with Crippen molar-refractivity contribution in [3.63, 3.8) is 0 Å². The molecule has 21 heavy (non-hydrogen) atoms. The summed E-state index contributed by atoms with van der Waals surface area (Å²) in [6.07, 6.45) is 0. The maximum Gasteiger partial charge on any atom is 0.227 e. The van der Waals surface area contributed by atoms with Crippen LogP contribution < -0.4 is 15.8 Å². The van der Waals surface area contributed by atoms with E-state index in [9.17, 15) is 4.79 Å². The summed E-state index contributed by atoms with van der Waals surface area (Å²) in [7, 11) is 1.63. The first kappa shape index (κ1) is 15.2. The fourth-order valence-corrected chi connectivity index (χ4v) is 2.38. The molecule has 3 N–H and O–H groups in total. The number of imidazole rings is 1. The monoisotopic (exact) mass is 290 g/mol. The van der Waals surface area contributed by atoms with E-state index in [2.05, 4.69) is 10.3 Å². The quantitative estimate of drug-likeness (QED) is 0.879. The number of ether oxygens (including phenoxy) is 1. The van der Waals surface area contributed by atoms with Gasteiger partial charge in [0, 0.05) is 13.6 Å². The first-order valence-electron chi connectivity index (χ1n) is 7.00. The Balaban J connectivity index is 2.48. The van der Waals surface area contributed by atoms with Crippen LogP contribution >= 0.6 is 0 Å². The molecule has 0 saturated heterocycles. The van der Waals surface area contributed by atoms with Crippen molar-refractivity contribution >= 4 is 22.9 Å². The van der Waals surface area contributed by atoms with E-state index in [4.69, 9.17) is 10.5 Å². The van der Waals surface area contributed by atoms with Gasteiger partial charge in [-0.1, -0.05) is 6.07 Å². The molecule has 0 fully saturated rings. The van der Waals surface area contributed by atoms with Crippen molar-refractivity contribution in [3.05, 3.63) is 18.2 Å². The minimum Gasteiger partial charge on any atom is -0.492 e. The normalized spacial score (nSPS) is 11.6. The molecule has 0 bridgehead atoms. The average Bonchev–Trinajstić information content (AvgIpc) is 2.75. The van der Waals surface area contributed by atoms with Crippen molar-refractivity contribution in [2.45, 2.75) is 27.3 Å². The van der Waals surface area contributed by atoms with Crippen LogP contribution in [0.1, 0.15) is 20.8 Å². The van der Waals surface area contributed by atoms with Gasteiger partial charge in [-0.05, 0) is 32.9 Å². The highest BCUT2D eigenvalue weighted by Gasteiger charge is 2.29. The van der Waals surface area contributed by atoms with Crippen molar-refractivity contribution in [1.82, 2.24) is 14.9 Å². The Bertz CT molecular complexity index is 661. The van der Waals surface area contributed by atoms with Crippen LogP contribution in [0.5, 0.6) is 5.75 Å². The summed E-state index contributed by atoms with van der Waals surface area (Å²) in [6, 6.07) is 5.70. The number of nitrogen functional groups attached to an aromatic ring is 1. The van der Waals surface area contributed by atoms with Crippen LogP contribution in [-0.2, 0) is 11.3 Å². The highest BCUT2D eigenvalue weighted by molar-refractivity contribution is 5.85. The third kappa shape index (κ3) is 2.79. The molecular weight excluding hydrogens is 268 g/mol. The minimum atomic E-state index is -0.585. The minimum absolute atomic E-state index is 0.0373. The highest BCUT2D eigenvalue weighted by Crippen LogP contribution is 2.30. The lowest BCUT2D eigenvalue weighted by Crippen LogP contribution is -2.37. The van der Waals surface area contributed by atoms with Gasteiger partial charge in [0.25, 0.3) is 0 Å². The molecule has 6 heteroatoms. The molecular formula is C15H22N4O2. The van der Waals surface area contributed by atoms with E-state index in [0.717, 1.165) is 11.0 Å². The number of carbonyl (C=O) groups excluding carboxylic acids is 1. The third-order valence-electron chi connectivity index (χ3n) is 3.47. The standard InChI is InChI=1S/C15H22N4O2/c1-5-21-11-8-6-7-10-12(11)18-14(16)19(10)9-15(2,3)13(20)17-4/h6-8H,5,9H2,1-4H3,(H2,16,18)(H,17,20). The molecule has 6 nitrogen and oxygen atoms in total. The van der Waals surface area contributed by atoms with Crippen molar-refractivity contribution in [2.75, 3.05) is 19.4 Å². The largest absolute Gasteiger partial charge is 0.492 e. The Morgan fingerprint density at radius 2 is 2.19 bits per heavy atom. The van der Waals surface area contributed by atoms with Crippen LogP contribution in [0.4, 0.5) is 5.95 Å². The maximum atomic E-state index is 12.0. The number of nitrogens with zero attached hydrogens (tertiary/aromatic N) is 2. The SMILES string of the molecule is CCOc1cccc2c1nc(N)n2CC(C)(C)C(=O)NC. The van der Waals surface area contributed by atoms with E-state index >= 15 is 0 Å². The number of benzene rings is 1. The third-order valence-corrected chi connectivity index (χ3v) is 3.47. The number of aromatic nitrogens is 2. The Kier molecular flexibility index (Phi) is 4.06. The van der Waals surface area contributed by atoms with E-state index < -0.39 is 5.41 Å². The van der Waals surface area contributed by atoms with Crippen LogP contribution in [0, 0.1) is 5.41 Å². The molecule has 0 spiro atoms. The molecule has 0 aliphatic heterocycles. The van der Waals surface area contributed by atoms with Gasteiger partial charge in [-0.2, -0.15) is 0 Å². The van der Waals surface area contributed by atoms with Crippen LogP contribution in [0.2, 0.25) is 0 Å². The van der Waals surface area contributed by atoms with Crippen LogP contribution in [-0.4, -0.2) is 29.1 Å². The lowest BCUT2D eigenvalue weighted by Gasteiger charge is -2.23. The van der Waals surface area contributed by atoms with Crippen LogP contribution in [0.25, 0.3) is 11.0 Å². The van der Waals surface area contributed by atoms with Gasteiger partial charge >= 0.3 is 0 Å². The number of carbonyl (C=O) groups is 1. The summed E-state index contributed by atoms with van der Waals surface area (Å²) in [6.45, 7) is 6.70. The van der Waals surface area contributed by atoms with E-state index in [0.29, 0.717) is 24.8 Å². The van der Waals surface area contributed by atoms with E-state index in [1.54, 1.807) is 7.05 Å². The number of amides is 1. The van der Waals surface area contributed by atoms with Crippen molar-refractivity contribution in [2.24, 2.45) is 5.41 Å². The number of rotatable bonds is 5. The molecule has 114 valence electrons. The summed E-state index contributed by atoms with van der Waals surface area (Å²) >= 11 is 0. The van der Waals surface area contributed by atoms with Gasteiger partial charge in [-0.3, -0.25) is 4.79 Å². The first-order valence-corrected chi connectivity index (χ1v) is 7.00. The number of nitrogens with two attached hydrogens (primary N) is 1. The van der Waals surface area contributed by atoms with Gasteiger partial charge in [0.05, 0.1) is 17.5 Å². The summed E-state index contributed by atoms with van der Waals surface area (Å²) < 4.78 is 7.43. The molecule has 0 saturated carbocycles. The van der Waals surface area contributed by atoms with Gasteiger partial charge in [-0.25, -0.2) is 4.98 Å². The van der Waals surface area contributed by atoms with E-state index in [1.807, 2.05) is 43.5 Å². The molecule has 2 aromatic rings. The molecule has 1 aromatic carbocycles. The predicted molar refractivity (Wildman–Crippen MR) is 83.2 cm³/mol. The number of fused-ring (bicyclic) bond motifs is 1. The van der Waals surface area contributed by atoms with E-state index in [1.165, 1.54) is 0 Å². The highest BCUT2D eigenvalue weighted by atomic mass is 16.5. The number of hydrogen-bond acceptors (Lipinski definition) is 4. The molecule has 1 aromatic heterocycles.